The lowest BCUT2D eigenvalue weighted by atomic mass is 10.1. The Kier molecular flexibility index (Phi) is 3.51. The predicted molar refractivity (Wildman–Crippen MR) is 48.7 cm³/mol. The molecular weight excluding hydrogens is 150 g/mol. The van der Waals surface area contributed by atoms with E-state index >= 15 is 0 Å². The molecule has 0 aromatic heterocycles. The lowest BCUT2D eigenvalue weighted by Crippen LogP contribution is -2.59. The first-order valence-electron chi connectivity index (χ1n) is 4.59. The first-order valence-corrected chi connectivity index (χ1v) is 4.59. The molecule has 0 aliphatic carbocycles. The van der Waals surface area contributed by atoms with Gasteiger partial charge in [-0.25, -0.2) is 0 Å². The molecule has 12 heavy (non-hydrogen) atoms. The number of hydrogen-bond donors (Lipinski definition) is 1. The lowest BCUT2D eigenvalue weighted by molar-refractivity contribution is 0.114. The van der Waals surface area contributed by atoms with Gasteiger partial charge in [-0.1, -0.05) is 0 Å². The summed E-state index contributed by atoms with van der Waals surface area (Å²) >= 11 is 0. The van der Waals surface area contributed by atoms with E-state index in [2.05, 4.69) is 30.1 Å². The molecule has 1 aliphatic rings. The maximum Gasteiger partial charge on any atom is 0.0635 e. The van der Waals surface area contributed by atoms with E-state index in [9.17, 15) is 0 Å². The Morgan fingerprint density at radius 3 is 2.58 bits per heavy atom. The van der Waals surface area contributed by atoms with Crippen molar-refractivity contribution in [3.63, 3.8) is 0 Å². The van der Waals surface area contributed by atoms with Gasteiger partial charge >= 0.3 is 0 Å². The molecule has 1 N–H and O–H groups in total. The van der Waals surface area contributed by atoms with Crippen LogP contribution in [0.25, 0.3) is 0 Å². The summed E-state index contributed by atoms with van der Waals surface area (Å²) in [5.74, 6) is 0. The van der Waals surface area contributed by atoms with Crippen LogP contribution in [0, 0.1) is 11.3 Å². The highest BCUT2D eigenvalue weighted by atomic mass is 15.2. The summed E-state index contributed by atoms with van der Waals surface area (Å²) < 4.78 is 0. The van der Waals surface area contributed by atoms with E-state index in [1.165, 1.54) is 0 Å². The largest absolute Gasteiger partial charge is 0.314 e. The number of nitriles is 1. The van der Waals surface area contributed by atoms with Crippen molar-refractivity contribution in [3.8, 4) is 6.07 Å². The Balaban J connectivity index is 2.33. The minimum Gasteiger partial charge on any atom is -0.314 e. The van der Waals surface area contributed by atoms with E-state index in [-0.39, 0.29) is 0 Å². The zero-order valence-corrected chi connectivity index (χ0v) is 7.88. The summed E-state index contributed by atoms with van der Waals surface area (Å²) in [5, 5.41) is 11.7. The molecule has 68 valence electrons. The molecular formula is C9H17N3. The summed E-state index contributed by atoms with van der Waals surface area (Å²) in [6, 6.07) is 3.42. The van der Waals surface area contributed by atoms with Crippen molar-refractivity contribution in [1.82, 2.24) is 10.2 Å². The molecule has 0 aromatic rings. The molecule has 3 nitrogen and oxygen atoms in total. The summed E-state index contributed by atoms with van der Waals surface area (Å²) in [4.78, 5) is 2.40. The lowest BCUT2D eigenvalue weighted by Gasteiger charge is -2.40. The van der Waals surface area contributed by atoms with Gasteiger partial charge < -0.3 is 5.32 Å². The molecule has 0 spiro atoms. The maximum atomic E-state index is 8.48. The maximum absolute atomic E-state index is 8.48. The van der Waals surface area contributed by atoms with Crippen molar-refractivity contribution in [2.45, 2.75) is 32.4 Å². The van der Waals surface area contributed by atoms with Crippen LogP contribution in [0.5, 0.6) is 0 Å². The van der Waals surface area contributed by atoms with E-state index in [0.29, 0.717) is 18.5 Å². The Bertz CT molecular complexity index is 167. The van der Waals surface area contributed by atoms with Gasteiger partial charge in [0.25, 0.3) is 0 Å². The Hall–Kier alpha value is -0.590. The van der Waals surface area contributed by atoms with Crippen molar-refractivity contribution < 1.29 is 0 Å². The summed E-state index contributed by atoms with van der Waals surface area (Å²) in [7, 11) is 0. The normalized spacial score (nSPS) is 17.9. The van der Waals surface area contributed by atoms with Crippen LogP contribution in [0.2, 0.25) is 0 Å². The van der Waals surface area contributed by atoms with Crippen molar-refractivity contribution in [2.24, 2.45) is 0 Å². The SMILES string of the molecule is CC(C)N(CCC#N)C1CNC1. The molecule has 0 saturated carbocycles. The van der Waals surface area contributed by atoms with Gasteiger partial charge in [0.15, 0.2) is 0 Å². The van der Waals surface area contributed by atoms with Gasteiger partial charge in [-0.2, -0.15) is 5.26 Å². The highest BCUT2D eigenvalue weighted by Crippen LogP contribution is 2.09. The fourth-order valence-electron chi connectivity index (χ4n) is 1.55. The molecule has 0 bridgehead atoms. The first kappa shape index (κ1) is 9.50. The topological polar surface area (TPSA) is 39.1 Å². The number of rotatable bonds is 4. The fourth-order valence-corrected chi connectivity index (χ4v) is 1.55. The van der Waals surface area contributed by atoms with Crippen LogP contribution in [0.4, 0.5) is 0 Å². The molecule has 0 radical (unpaired) electrons. The van der Waals surface area contributed by atoms with Gasteiger partial charge in [0.05, 0.1) is 6.07 Å². The Morgan fingerprint density at radius 2 is 2.25 bits per heavy atom. The Labute approximate surface area is 74.4 Å². The van der Waals surface area contributed by atoms with Gasteiger partial charge in [0.1, 0.15) is 0 Å². The third-order valence-corrected chi connectivity index (χ3v) is 2.37. The van der Waals surface area contributed by atoms with E-state index in [4.69, 9.17) is 5.26 Å². The minimum atomic E-state index is 0.561. The van der Waals surface area contributed by atoms with Crippen LogP contribution in [0.3, 0.4) is 0 Å². The van der Waals surface area contributed by atoms with Gasteiger partial charge in [-0.05, 0) is 13.8 Å². The summed E-state index contributed by atoms with van der Waals surface area (Å²) in [5.41, 5.74) is 0. The average molecular weight is 167 g/mol. The quantitative estimate of drug-likeness (QED) is 0.666. The molecule has 0 aromatic carbocycles. The van der Waals surface area contributed by atoms with Crippen LogP contribution in [0.1, 0.15) is 20.3 Å². The zero-order valence-electron chi connectivity index (χ0n) is 7.88. The van der Waals surface area contributed by atoms with Crippen LogP contribution in [-0.4, -0.2) is 36.6 Å². The van der Waals surface area contributed by atoms with Crippen LogP contribution in [0.15, 0.2) is 0 Å². The number of nitrogens with one attached hydrogen (secondary N) is 1. The van der Waals surface area contributed by atoms with E-state index in [0.717, 1.165) is 19.6 Å². The summed E-state index contributed by atoms with van der Waals surface area (Å²) in [6.07, 6.45) is 0.648. The minimum absolute atomic E-state index is 0.561. The highest BCUT2D eigenvalue weighted by Gasteiger charge is 2.25. The third-order valence-electron chi connectivity index (χ3n) is 2.37. The van der Waals surface area contributed by atoms with Gasteiger partial charge in [0, 0.05) is 38.1 Å². The van der Waals surface area contributed by atoms with Gasteiger partial charge in [0.2, 0.25) is 0 Å². The second-order valence-corrected chi connectivity index (χ2v) is 3.55. The van der Waals surface area contributed by atoms with E-state index < -0.39 is 0 Å². The molecule has 1 fully saturated rings. The van der Waals surface area contributed by atoms with Crippen LogP contribution in [-0.2, 0) is 0 Å². The smallest absolute Gasteiger partial charge is 0.0635 e. The second kappa shape index (κ2) is 4.44. The fraction of sp³-hybridized carbons (Fsp3) is 0.889. The molecule has 3 heteroatoms. The van der Waals surface area contributed by atoms with Gasteiger partial charge in [-0.15, -0.1) is 0 Å². The van der Waals surface area contributed by atoms with Gasteiger partial charge in [-0.3, -0.25) is 4.90 Å². The van der Waals surface area contributed by atoms with Crippen molar-refractivity contribution >= 4 is 0 Å². The van der Waals surface area contributed by atoms with Crippen molar-refractivity contribution in [1.29, 1.82) is 5.26 Å². The standard InChI is InChI=1S/C9H17N3/c1-8(2)12(5-3-4-10)9-6-11-7-9/h8-9,11H,3,5-7H2,1-2H3. The first-order chi connectivity index (χ1) is 5.75. The molecule has 0 unspecified atom stereocenters. The van der Waals surface area contributed by atoms with E-state index in [1.54, 1.807) is 0 Å². The highest BCUT2D eigenvalue weighted by molar-refractivity contribution is 4.87. The van der Waals surface area contributed by atoms with Crippen molar-refractivity contribution in [2.75, 3.05) is 19.6 Å². The second-order valence-electron chi connectivity index (χ2n) is 3.55. The molecule has 1 saturated heterocycles. The summed E-state index contributed by atoms with van der Waals surface area (Å²) in [6.45, 7) is 7.47. The van der Waals surface area contributed by atoms with E-state index in [1.807, 2.05) is 0 Å². The zero-order chi connectivity index (χ0) is 8.97. The van der Waals surface area contributed by atoms with Crippen LogP contribution < -0.4 is 5.32 Å². The molecule has 1 aliphatic heterocycles. The molecule has 0 amide bonds. The van der Waals surface area contributed by atoms with Crippen molar-refractivity contribution in [3.05, 3.63) is 0 Å². The third kappa shape index (κ3) is 2.20. The number of nitrogens with zero attached hydrogens (tertiary/aromatic N) is 2. The number of hydrogen-bond acceptors (Lipinski definition) is 3. The van der Waals surface area contributed by atoms with Crippen LogP contribution >= 0.6 is 0 Å². The average Bonchev–Trinajstić information content (AvgIpc) is 1.93. The monoisotopic (exact) mass is 167 g/mol. The molecule has 0 atom stereocenters. The Morgan fingerprint density at radius 1 is 1.58 bits per heavy atom. The molecule has 1 heterocycles. The predicted octanol–water partition coefficient (Wildman–Crippen LogP) is 0.582. The molecule has 1 rings (SSSR count).